The molecule has 1 amide bonds. The molecule has 2 rings (SSSR count). The van der Waals surface area contributed by atoms with Crippen LogP contribution < -0.4 is 5.32 Å². The summed E-state index contributed by atoms with van der Waals surface area (Å²) in [5.41, 5.74) is 1.33. The number of ether oxygens (including phenoxy) is 1. The van der Waals surface area contributed by atoms with E-state index < -0.39 is 23.4 Å². The molecule has 8 heteroatoms. The highest BCUT2D eigenvalue weighted by molar-refractivity contribution is 9.10. The third-order valence-corrected chi connectivity index (χ3v) is 4.31. The van der Waals surface area contributed by atoms with Gasteiger partial charge in [0, 0.05) is 15.7 Å². The lowest BCUT2D eigenvalue weighted by Crippen LogP contribution is -2.21. The second kappa shape index (κ2) is 7.89. The maximum Gasteiger partial charge on any atom is 0.345 e. The zero-order valence-electron chi connectivity index (χ0n) is 13.5. The maximum absolute atomic E-state index is 12.1. The van der Waals surface area contributed by atoms with Crippen molar-refractivity contribution in [2.45, 2.75) is 13.8 Å². The van der Waals surface area contributed by atoms with Gasteiger partial charge in [0.25, 0.3) is 11.6 Å². The first-order valence-electron chi connectivity index (χ1n) is 7.26. The van der Waals surface area contributed by atoms with Gasteiger partial charge in [-0.3, -0.25) is 14.9 Å². The average molecular weight is 407 g/mol. The van der Waals surface area contributed by atoms with Crippen LogP contribution >= 0.6 is 15.9 Å². The van der Waals surface area contributed by atoms with Crippen molar-refractivity contribution < 1.29 is 19.2 Å². The summed E-state index contributed by atoms with van der Waals surface area (Å²) < 4.78 is 5.80. The van der Waals surface area contributed by atoms with E-state index in [-0.39, 0.29) is 11.3 Å². The number of hydrogen-bond donors (Lipinski definition) is 1. The molecule has 0 fully saturated rings. The predicted octanol–water partition coefficient (Wildman–Crippen LogP) is 3.77. The maximum atomic E-state index is 12.1. The Hall–Kier alpha value is -2.74. The van der Waals surface area contributed by atoms with Crippen LogP contribution in [0.5, 0.6) is 0 Å². The number of carbonyl (C=O) groups is 2. The number of anilines is 1. The minimum absolute atomic E-state index is 0.183. The van der Waals surface area contributed by atoms with Gasteiger partial charge in [-0.1, -0.05) is 28.1 Å². The monoisotopic (exact) mass is 406 g/mol. The molecule has 7 nitrogen and oxygen atoms in total. The molecule has 0 aliphatic rings. The standard InChI is InChI=1S/C17H15BrN2O5/c1-10-4-3-5-13(16(10)20(23)24)17(22)25-9-15(21)19-12-6-7-14(18)11(2)8-12/h3-8H,9H2,1-2H3,(H,19,21). The van der Waals surface area contributed by atoms with Gasteiger partial charge in [-0.2, -0.15) is 0 Å². The van der Waals surface area contributed by atoms with Crippen LogP contribution in [0, 0.1) is 24.0 Å². The predicted molar refractivity (Wildman–Crippen MR) is 95.6 cm³/mol. The number of halogens is 1. The number of hydrogen-bond acceptors (Lipinski definition) is 5. The number of para-hydroxylation sites is 1. The normalized spacial score (nSPS) is 10.2. The van der Waals surface area contributed by atoms with Gasteiger partial charge in [0.05, 0.1) is 4.92 Å². The smallest absolute Gasteiger partial charge is 0.345 e. The van der Waals surface area contributed by atoms with Gasteiger partial charge >= 0.3 is 5.97 Å². The Morgan fingerprint density at radius 3 is 2.56 bits per heavy atom. The van der Waals surface area contributed by atoms with Crippen LogP contribution in [0.1, 0.15) is 21.5 Å². The van der Waals surface area contributed by atoms with E-state index in [0.717, 1.165) is 10.0 Å². The number of aryl methyl sites for hydroxylation is 2. The Morgan fingerprint density at radius 2 is 1.92 bits per heavy atom. The molecule has 0 aliphatic heterocycles. The number of nitrogens with zero attached hydrogens (tertiary/aromatic N) is 1. The van der Waals surface area contributed by atoms with Crippen LogP contribution in [0.15, 0.2) is 40.9 Å². The highest BCUT2D eigenvalue weighted by Gasteiger charge is 2.24. The van der Waals surface area contributed by atoms with Crippen LogP contribution in [0.3, 0.4) is 0 Å². The van der Waals surface area contributed by atoms with E-state index in [1.807, 2.05) is 6.92 Å². The van der Waals surface area contributed by atoms with E-state index >= 15 is 0 Å². The SMILES string of the molecule is Cc1cc(NC(=O)COC(=O)c2cccc(C)c2[N+](=O)[O-])ccc1Br. The fraction of sp³-hybridized carbons (Fsp3) is 0.176. The van der Waals surface area contributed by atoms with Gasteiger partial charge in [0.15, 0.2) is 6.61 Å². The highest BCUT2D eigenvalue weighted by atomic mass is 79.9. The Morgan fingerprint density at radius 1 is 1.20 bits per heavy atom. The first-order valence-corrected chi connectivity index (χ1v) is 8.06. The van der Waals surface area contributed by atoms with Crippen molar-refractivity contribution in [1.82, 2.24) is 0 Å². The topological polar surface area (TPSA) is 98.5 Å². The van der Waals surface area contributed by atoms with Crippen molar-refractivity contribution in [2.75, 3.05) is 11.9 Å². The summed E-state index contributed by atoms with van der Waals surface area (Å²) in [5.74, 6) is -1.46. The molecule has 0 atom stereocenters. The van der Waals surface area contributed by atoms with Gasteiger partial charge in [0.1, 0.15) is 5.56 Å². The van der Waals surface area contributed by atoms with Crippen molar-refractivity contribution >= 4 is 39.2 Å². The molecule has 0 spiro atoms. The number of rotatable bonds is 5. The summed E-state index contributed by atoms with van der Waals surface area (Å²) in [6.07, 6.45) is 0. The van der Waals surface area contributed by atoms with Gasteiger partial charge < -0.3 is 10.1 Å². The first-order chi connectivity index (χ1) is 11.8. The first kappa shape index (κ1) is 18.6. The van der Waals surface area contributed by atoms with Crippen molar-refractivity contribution in [3.05, 3.63) is 67.7 Å². The zero-order valence-corrected chi connectivity index (χ0v) is 15.1. The minimum atomic E-state index is -0.919. The zero-order chi connectivity index (χ0) is 18.6. The van der Waals surface area contributed by atoms with Crippen LogP contribution in [-0.2, 0) is 9.53 Å². The van der Waals surface area contributed by atoms with Crippen LogP contribution in [0.2, 0.25) is 0 Å². The van der Waals surface area contributed by atoms with Crippen molar-refractivity contribution in [3.8, 4) is 0 Å². The number of carbonyl (C=O) groups excluding carboxylic acids is 2. The number of amides is 1. The Balaban J connectivity index is 2.02. The summed E-state index contributed by atoms with van der Waals surface area (Å²) in [7, 11) is 0. The molecule has 0 saturated heterocycles. The molecular formula is C17H15BrN2O5. The van der Waals surface area contributed by atoms with Crippen molar-refractivity contribution in [1.29, 1.82) is 0 Å². The molecule has 0 bridgehead atoms. The Kier molecular flexibility index (Phi) is 5.87. The van der Waals surface area contributed by atoms with Crippen LogP contribution in [-0.4, -0.2) is 23.4 Å². The van der Waals surface area contributed by atoms with E-state index in [0.29, 0.717) is 11.3 Å². The van der Waals surface area contributed by atoms with E-state index in [1.165, 1.54) is 25.1 Å². The summed E-state index contributed by atoms with van der Waals surface area (Å²) in [6, 6.07) is 9.58. The molecule has 2 aromatic rings. The number of nitro groups is 1. The summed E-state index contributed by atoms with van der Waals surface area (Å²) in [4.78, 5) is 34.4. The minimum Gasteiger partial charge on any atom is -0.452 e. The molecule has 0 radical (unpaired) electrons. The Labute approximate surface area is 152 Å². The molecular weight excluding hydrogens is 392 g/mol. The second-order valence-electron chi connectivity index (χ2n) is 5.32. The Bertz CT molecular complexity index is 851. The second-order valence-corrected chi connectivity index (χ2v) is 6.17. The third kappa shape index (κ3) is 4.63. The van der Waals surface area contributed by atoms with Gasteiger partial charge in [-0.05, 0) is 43.7 Å². The van der Waals surface area contributed by atoms with E-state index in [4.69, 9.17) is 4.74 Å². The fourth-order valence-electron chi connectivity index (χ4n) is 2.19. The lowest BCUT2D eigenvalue weighted by Gasteiger charge is -2.08. The van der Waals surface area contributed by atoms with E-state index in [1.54, 1.807) is 18.2 Å². The van der Waals surface area contributed by atoms with E-state index in [2.05, 4.69) is 21.2 Å². The third-order valence-electron chi connectivity index (χ3n) is 3.42. The summed E-state index contributed by atoms with van der Waals surface area (Å²) >= 11 is 3.36. The molecule has 0 saturated carbocycles. The number of nitro benzene ring substituents is 1. The van der Waals surface area contributed by atoms with Crippen molar-refractivity contribution in [3.63, 3.8) is 0 Å². The molecule has 25 heavy (non-hydrogen) atoms. The molecule has 130 valence electrons. The molecule has 0 aliphatic carbocycles. The average Bonchev–Trinajstić information content (AvgIpc) is 2.55. The van der Waals surface area contributed by atoms with E-state index in [9.17, 15) is 19.7 Å². The quantitative estimate of drug-likeness (QED) is 0.462. The van der Waals surface area contributed by atoms with Gasteiger partial charge in [-0.25, -0.2) is 4.79 Å². The summed E-state index contributed by atoms with van der Waals surface area (Å²) in [5, 5.41) is 13.7. The molecule has 2 aromatic carbocycles. The van der Waals surface area contributed by atoms with Crippen LogP contribution in [0.4, 0.5) is 11.4 Å². The highest BCUT2D eigenvalue weighted by Crippen LogP contribution is 2.24. The van der Waals surface area contributed by atoms with Crippen molar-refractivity contribution in [2.24, 2.45) is 0 Å². The lowest BCUT2D eigenvalue weighted by molar-refractivity contribution is -0.385. The summed E-state index contributed by atoms with van der Waals surface area (Å²) in [6.45, 7) is 2.85. The number of benzene rings is 2. The van der Waals surface area contributed by atoms with Crippen LogP contribution in [0.25, 0.3) is 0 Å². The molecule has 0 aromatic heterocycles. The largest absolute Gasteiger partial charge is 0.452 e. The lowest BCUT2D eigenvalue weighted by atomic mass is 10.1. The van der Waals surface area contributed by atoms with Gasteiger partial charge in [0.2, 0.25) is 0 Å². The number of esters is 1. The molecule has 0 unspecified atom stereocenters. The molecule has 1 N–H and O–H groups in total. The van der Waals surface area contributed by atoms with Gasteiger partial charge in [-0.15, -0.1) is 0 Å². The number of nitrogens with one attached hydrogen (secondary N) is 1. The fourth-order valence-corrected chi connectivity index (χ4v) is 2.44. The molecule has 0 heterocycles.